The molecule has 5 heteroatoms. The Bertz CT molecular complexity index is 6420. The van der Waals surface area contributed by atoms with Crippen LogP contribution in [0, 0.1) is 0 Å². The van der Waals surface area contributed by atoms with Crippen LogP contribution in [0.15, 0.2) is 334 Å². The fourth-order valence-electron chi connectivity index (χ4n) is 18.4. The third-order valence-corrected chi connectivity index (χ3v) is 24.4. The first-order chi connectivity index (χ1) is 54.6. The molecule has 546 valence electrons. The molecular weight excluding hydrogens is 1360 g/mol. The van der Waals surface area contributed by atoms with Gasteiger partial charge < -0.3 is 18.9 Å². The lowest BCUT2D eigenvalue weighted by atomic mass is 9.33. The number of hydrogen-bond acceptors (Lipinski definition) is 2. The zero-order valence-corrected chi connectivity index (χ0v) is 66.6. The SMILES string of the molecule is CC(C)(C)c1cc(-c2ccccc2)c(N2c3cc(-n4c5ccccc5c5cc(C(C)(C)C)ccc54)ccc3B3c4ccc(-n5c6ccccc6c6cc(C(C)(C)C)ccc65)cc4N(c4c(-c5ccccc5)cc(C(C)(C)C)cc4-c4ccccc4)c4cc(-c5ccc6cc7ccccc7cc6c5)cc2c43)c(-c2ccccc2)c1. The molecule has 0 N–H and O–H groups in total. The second-order valence-corrected chi connectivity index (χ2v) is 35.8. The first kappa shape index (κ1) is 69.5. The highest BCUT2D eigenvalue weighted by Crippen LogP contribution is 2.56. The summed E-state index contributed by atoms with van der Waals surface area (Å²) in [6, 6.07) is 128. The van der Waals surface area contributed by atoms with E-state index in [-0.39, 0.29) is 28.4 Å². The molecule has 113 heavy (non-hydrogen) atoms. The van der Waals surface area contributed by atoms with E-state index in [1.54, 1.807) is 0 Å². The van der Waals surface area contributed by atoms with Crippen molar-refractivity contribution in [3.05, 3.63) is 356 Å². The Morgan fingerprint density at radius 1 is 0.221 bits per heavy atom. The predicted molar refractivity (Wildman–Crippen MR) is 486 cm³/mol. The van der Waals surface area contributed by atoms with Crippen molar-refractivity contribution in [1.29, 1.82) is 0 Å². The summed E-state index contributed by atoms with van der Waals surface area (Å²) in [4.78, 5) is 5.49. The Morgan fingerprint density at radius 3 is 0.956 bits per heavy atom. The molecule has 2 aliphatic rings. The third kappa shape index (κ3) is 11.6. The first-order valence-corrected chi connectivity index (χ1v) is 40.2. The number of hydrogen-bond donors (Lipinski definition) is 0. The van der Waals surface area contributed by atoms with Crippen LogP contribution in [-0.2, 0) is 21.7 Å². The van der Waals surface area contributed by atoms with E-state index in [1.807, 2.05) is 0 Å². The Morgan fingerprint density at radius 2 is 0.566 bits per heavy atom. The first-order valence-electron chi connectivity index (χ1n) is 40.2. The van der Waals surface area contributed by atoms with Crippen LogP contribution < -0.4 is 26.2 Å². The molecular formula is C108H91BN4. The summed E-state index contributed by atoms with van der Waals surface area (Å²) >= 11 is 0. The van der Waals surface area contributed by atoms with Gasteiger partial charge in [-0.05, 0) is 230 Å². The summed E-state index contributed by atoms with van der Waals surface area (Å²) in [6.07, 6.45) is 0. The smallest absolute Gasteiger partial charge is 0.252 e. The number of para-hydroxylation sites is 2. The standard InChI is InChI=1S/C108H91BN4/c1-105(2,3)78-47-53-96-90(60-78)84-41-27-29-43-94(84)110(96)82-49-51-92-98(66-82)112(103-86(68-31-17-13-18-32-68)62-80(107(7,8)9)63-87(103)69-33-19-14-20-34-69)100-58-77(75-46-45-74-55-72-39-25-26-40-73(72)56-76(74)57-75)59-101-102(100)109(92)93-52-50-83(111-95-44-30-28-42-85(95)91-61-79(106(4,5)6)48-54-97(91)111)67-99(93)113(101)104-88(70-35-21-15-22-36-70)64-81(108(10,11)12)65-89(104)71-37-23-16-24-38-71/h13-67H,1-12H3. The van der Waals surface area contributed by atoms with E-state index in [0.717, 1.165) is 101 Å². The van der Waals surface area contributed by atoms with Gasteiger partial charge in [-0.1, -0.05) is 301 Å². The van der Waals surface area contributed by atoms with Gasteiger partial charge in [0.25, 0.3) is 6.71 Å². The summed E-state index contributed by atoms with van der Waals surface area (Å²) < 4.78 is 5.09. The van der Waals surface area contributed by atoms with Crippen molar-refractivity contribution in [2.75, 3.05) is 9.80 Å². The van der Waals surface area contributed by atoms with Crippen molar-refractivity contribution in [3.8, 4) is 67.0 Å². The van der Waals surface area contributed by atoms with E-state index in [1.165, 1.54) is 104 Å². The number of aromatic nitrogens is 2. The minimum absolute atomic E-state index is 0.0557. The summed E-state index contributed by atoms with van der Waals surface area (Å²) in [6.45, 7) is 27.9. The monoisotopic (exact) mass is 1450 g/mol. The number of fused-ring (bicyclic) bond motifs is 12. The summed E-state index contributed by atoms with van der Waals surface area (Å²) in [7, 11) is 0. The van der Waals surface area contributed by atoms with E-state index in [4.69, 9.17) is 0 Å². The third-order valence-electron chi connectivity index (χ3n) is 24.4. The van der Waals surface area contributed by atoms with E-state index >= 15 is 0 Å². The zero-order valence-electron chi connectivity index (χ0n) is 66.6. The maximum Gasteiger partial charge on any atom is 0.252 e. The minimum atomic E-state index is -0.291. The van der Waals surface area contributed by atoms with Gasteiger partial charge in [0.05, 0.1) is 33.4 Å². The molecule has 0 atom stereocenters. The minimum Gasteiger partial charge on any atom is -0.310 e. The van der Waals surface area contributed by atoms with Crippen molar-refractivity contribution >= 4 is 122 Å². The van der Waals surface area contributed by atoms with Crippen molar-refractivity contribution in [3.63, 3.8) is 0 Å². The molecule has 16 aromatic carbocycles. The van der Waals surface area contributed by atoms with E-state index in [2.05, 4.69) is 436 Å². The average molecular weight is 1460 g/mol. The van der Waals surface area contributed by atoms with Crippen LogP contribution in [0.4, 0.5) is 34.1 Å². The summed E-state index contributed by atoms with van der Waals surface area (Å²) in [5, 5.41) is 9.80. The van der Waals surface area contributed by atoms with Crippen LogP contribution in [0.25, 0.3) is 132 Å². The number of rotatable bonds is 9. The molecule has 0 amide bonds. The van der Waals surface area contributed by atoms with Gasteiger partial charge in [0.1, 0.15) is 0 Å². The van der Waals surface area contributed by atoms with E-state index in [0.29, 0.717) is 0 Å². The van der Waals surface area contributed by atoms with Gasteiger partial charge in [0, 0.05) is 77.9 Å². The van der Waals surface area contributed by atoms with Crippen molar-refractivity contribution in [1.82, 2.24) is 9.13 Å². The largest absolute Gasteiger partial charge is 0.310 e. The molecule has 4 heterocycles. The lowest BCUT2D eigenvalue weighted by Gasteiger charge is -2.46. The number of benzene rings is 16. The molecule has 2 aliphatic heterocycles. The fourth-order valence-corrected chi connectivity index (χ4v) is 18.4. The maximum absolute atomic E-state index is 2.75. The lowest BCUT2D eigenvalue weighted by Crippen LogP contribution is -2.61. The van der Waals surface area contributed by atoms with Gasteiger partial charge >= 0.3 is 0 Å². The molecule has 0 unspecified atom stereocenters. The van der Waals surface area contributed by atoms with Crippen LogP contribution in [0.2, 0.25) is 0 Å². The molecule has 18 aromatic rings. The van der Waals surface area contributed by atoms with Gasteiger partial charge in [-0.25, -0.2) is 0 Å². The molecule has 20 rings (SSSR count). The van der Waals surface area contributed by atoms with Crippen LogP contribution in [0.1, 0.15) is 105 Å². The lowest BCUT2D eigenvalue weighted by molar-refractivity contribution is 0.590. The normalized spacial score (nSPS) is 13.1. The quantitative estimate of drug-likeness (QED) is 0.106. The van der Waals surface area contributed by atoms with Crippen LogP contribution in [-0.4, -0.2) is 15.8 Å². The predicted octanol–water partition coefficient (Wildman–Crippen LogP) is 27.8. The highest BCUT2D eigenvalue weighted by Gasteiger charge is 2.46. The average Bonchev–Trinajstić information content (AvgIpc) is 0.898. The molecule has 0 radical (unpaired) electrons. The van der Waals surface area contributed by atoms with Crippen LogP contribution in [0.5, 0.6) is 0 Å². The number of nitrogens with zero attached hydrogens (tertiary/aromatic N) is 4. The fraction of sp³-hybridized carbons (Fsp3) is 0.148. The van der Waals surface area contributed by atoms with Crippen molar-refractivity contribution < 1.29 is 0 Å². The van der Waals surface area contributed by atoms with Gasteiger partial charge in [-0.15, -0.1) is 0 Å². The topological polar surface area (TPSA) is 16.3 Å². The molecule has 0 spiro atoms. The highest BCUT2D eigenvalue weighted by atomic mass is 15.2. The number of anilines is 6. The van der Waals surface area contributed by atoms with Crippen LogP contribution in [0.3, 0.4) is 0 Å². The van der Waals surface area contributed by atoms with Crippen LogP contribution >= 0.6 is 0 Å². The second-order valence-electron chi connectivity index (χ2n) is 35.8. The molecule has 2 aromatic heterocycles. The second kappa shape index (κ2) is 26.0. The Hall–Kier alpha value is -12.7. The highest BCUT2D eigenvalue weighted by molar-refractivity contribution is 7.00. The van der Waals surface area contributed by atoms with E-state index < -0.39 is 0 Å². The zero-order chi connectivity index (χ0) is 77.1. The van der Waals surface area contributed by atoms with Gasteiger partial charge in [0.2, 0.25) is 0 Å². The van der Waals surface area contributed by atoms with E-state index in [9.17, 15) is 0 Å². The molecule has 4 nitrogen and oxygen atoms in total. The Balaban J connectivity index is 0.987. The molecule has 0 fully saturated rings. The molecule has 0 bridgehead atoms. The van der Waals surface area contributed by atoms with Crippen molar-refractivity contribution in [2.45, 2.75) is 105 Å². The van der Waals surface area contributed by atoms with Gasteiger partial charge in [-0.3, -0.25) is 0 Å². The molecule has 0 aliphatic carbocycles. The molecule has 0 saturated heterocycles. The maximum atomic E-state index is 2.75. The molecule has 0 saturated carbocycles. The van der Waals surface area contributed by atoms with Gasteiger partial charge in [0.15, 0.2) is 0 Å². The Labute approximate surface area is 664 Å². The van der Waals surface area contributed by atoms with Crippen molar-refractivity contribution in [2.24, 2.45) is 0 Å². The summed E-state index contributed by atoms with van der Waals surface area (Å²) in [5.41, 5.74) is 33.3. The summed E-state index contributed by atoms with van der Waals surface area (Å²) in [5.74, 6) is 0. The Kier molecular flexibility index (Phi) is 16.0. The van der Waals surface area contributed by atoms with Gasteiger partial charge in [-0.2, -0.15) is 0 Å².